The van der Waals surface area contributed by atoms with Crippen molar-refractivity contribution in [1.82, 2.24) is 0 Å². The van der Waals surface area contributed by atoms with E-state index in [1.807, 2.05) is 60.7 Å². The number of para-hydroxylation sites is 2. The Kier molecular flexibility index (Phi) is 6.49. The molecule has 6 nitrogen and oxygen atoms in total. The van der Waals surface area contributed by atoms with Gasteiger partial charge in [0.1, 0.15) is 23.0 Å². The molecule has 0 saturated heterocycles. The molecular formula is C30H24N2O4. The average molecular weight is 477 g/mol. The number of anilines is 2. The summed E-state index contributed by atoms with van der Waals surface area (Å²) in [7, 11) is 0. The summed E-state index contributed by atoms with van der Waals surface area (Å²) in [5.74, 6) is 1.13. The minimum atomic E-state index is -0.564. The number of amides is 2. The number of carbonyl (C=O) groups is 2. The predicted molar refractivity (Wildman–Crippen MR) is 139 cm³/mol. The lowest BCUT2D eigenvalue weighted by atomic mass is 10.2. The van der Waals surface area contributed by atoms with Crippen molar-refractivity contribution in [2.24, 2.45) is 11.8 Å². The molecule has 4 aromatic rings. The average Bonchev–Trinajstić information content (AvgIpc) is 3.59. The highest BCUT2D eigenvalue weighted by Crippen LogP contribution is 2.45. The topological polar surface area (TPSA) is 76.7 Å². The molecule has 0 heterocycles. The van der Waals surface area contributed by atoms with Gasteiger partial charge in [-0.2, -0.15) is 0 Å². The highest BCUT2D eigenvalue weighted by Gasteiger charge is 2.52. The van der Waals surface area contributed by atoms with Crippen LogP contribution in [0.25, 0.3) is 0 Å². The van der Waals surface area contributed by atoms with Gasteiger partial charge in [0, 0.05) is 11.4 Å². The molecule has 1 saturated carbocycles. The van der Waals surface area contributed by atoms with Crippen molar-refractivity contribution in [2.75, 3.05) is 10.6 Å². The van der Waals surface area contributed by atoms with E-state index in [9.17, 15) is 9.59 Å². The molecule has 5 rings (SSSR count). The fourth-order valence-corrected chi connectivity index (χ4v) is 3.86. The first kappa shape index (κ1) is 22.9. The van der Waals surface area contributed by atoms with Gasteiger partial charge in [-0.15, -0.1) is 0 Å². The summed E-state index contributed by atoms with van der Waals surface area (Å²) in [5, 5.41) is 5.71. The zero-order valence-electron chi connectivity index (χ0n) is 19.4. The zero-order valence-corrected chi connectivity index (χ0v) is 19.4. The van der Waals surface area contributed by atoms with Gasteiger partial charge in [-0.05, 0) is 72.8 Å². The Labute approximate surface area is 209 Å². The monoisotopic (exact) mass is 476 g/mol. The number of rotatable bonds is 8. The van der Waals surface area contributed by atoms with E-state index in [1.54, 1.807) is 48.5 Å². The summed E-state index contributed by atoms with van der Waals surface area (Å²) < 4.78 is 11.5. The fraction of sp³-hybridized carbons (Fsp3) is 0.0667. The van der Waals surface area contributed by atoms with Crippen molar-refractivity contribution in [3.8, 4) is 23.0 Å². The summed E-state index contributed by atoms with van der Waals surface area (Å²) in [6.07, 6.45) is 0. The first-order valence-corrected chi connectivity index (χ1v) is 11.5. The molecule has 2 N–H and O–H groups in total. The third-order valence-electron chi connectivity index (χ3n) is 5.79. The Morgan fingerprint density at radius 3 is 1.22 bits per heavy atom. The molecule has 0 radical (unpaired) electrons. The summed E-state index contributed by atoms with van der Waals surface area (Å²) in [6.45, 7) is 3.92. The van der Waals surface area contributed by atoms with Gasteiger partial charge in [-0.25, -0.2) is 0 Å². The van der Waals surface area contributed by atoms with Gasteiger partial charge in [0.05, 0.1) is 11.8 Å². The van der Waals surface area contributed by atoms with Crippen molar-refractivity contribution < 1.29 is 19.1 Å². The van der Waals surface area contributed by atoms with Crippen molar-refractivity contribution in [3.63, 3.8) is 0 Å². The van der Waals surface area contributed by atoms with Gasteiger partial charge in [-0.1, -0.05) is 48.6 Å². The maximum atomic E-state index is 12.7. The second kappa shape index (κ2) is 10.2. The fourth-order valence-electron chi connectivity index (χ4n) is 3.86. The quantitative estimate of drug-likeness (QED) is 0.279. The first-order chi connectivity index (χ1) is 17.6. The number of benzene rings is 4. The molecule has 36 heavy (non-hydrogen) atoms. The second-order valence-electron chi connectivity index (χ2n) is 8.39. The van der Waals surface area contributed by atoms with E-state index in [1.165, 1.54) is 0 Å². The number of nitrogens with one attached hydrogen (secondary N) is 2. The predicted octanol–water partition coefficient (Wildman–Crippen LogP) is 6.65. The van der Waals surface area contributed by atoms with E-state index in [4.69, 9.17) is 9.47 Å². The van der Waals surface area contributed by atoms with Crippen LogP contribution in [0.4, 0.5) is 11.4 Å². The van der Waals surface area contributed by atoms with Crippen LogP contribution >= 0.6 is 0 Å². The van der Waals surface area contributed by atoms with Crippen LogP contribution in [-0.2, 0) is 9.59 Å². The van der Waals surface area contributed by atoms with Crippen LogP contribution in [0.3, 0.4) is 0 Å². The maximum absolute atomic E-state index is 12.7. The van der Waals surface area contributed by atoms with Crippen molar-refractivity contribution >= 4 is 23.2 Å². The molecule has 1 aliphatic rings. The summed E-state index contributed by atoms with van der Waals surface area (Å²) >= 11 is 0. The van der Waals surface area contributed by atoms with E-state index in [0.29, 0.717) is 28.4 Å². The summed E-state index contributed by atoms with van der Waals surface area (Å²) in [4.78, 5) is 25.5. The van der Waals surface area contributed by atoms with Crippen LogP contribution in [-0.4, -0.2) is 11.8 Å². The van der Waals surface area contributed by atoms with E-state index >= 15 is 0 Å². The Hall–Kier alpha value is -4.84. The highest BCUT2D eigenvalue weighted by atomic mass is 16.5. The van der Waals surface area contributed by atoms with E-state index in [2.05, 4.69) is 17.2 Å². The minimum absolute atomic E-state index is 0.261. The third kappa shape index (κ3) is 5.45. The SMILES string of the molecule is C=C1C(C(=O)Nc2ccc(Oc3ccccc3)cc2)C1C(=O)Nc1ccc(Oc2ccccc2)cc1. The minimum Gasteiger partial charge on any atom is -0.457 e. The molecular weight excluding hydrogens is 452 g/mol. The van der Waals surface area contributed by atoms with Gasteiger partial charge < -0.3 is 20.1 Å². The van der Waals surface area contributed by atoms with Gasteiger partial charge in [-0.3, -0.25) is 9.59 Å². The van der Waals surface area contributed by atoms with Crippen molar-refractivity contribution in [2.45, 2.75) is 0 Å². The molecule has 0 bridgehead atoms. The van der Waals surface area contributed by atoms with Crippen LogP contribution in [0.2, 0.25) is 0 Å². The maximum Gasteiger partial charge on any atom is 0.232 e. The van der Waals surface area contributed by atoms with Crippen LogP contribution in [0.1, 0.15) is 0 Å². The summed E-state index contributed by atoms with van der Waals surface area (Å²) in [5.41, 5.74) is 1.83. The summed E-state index contributed by atoms with van der Waals surface area (Å²) in [6, 6.07) is 33.0. The zero-order chi connectivity index (χ0) is 24.9. The van der Waals surface area contributed by atoms with Crippen molar-refractivity contribution in [1.29, 1.82) is 0 Å². The van der Waals surface area contributed by atoms with E-state index < -0.39 is 11.8 Å². The Morgan fingerprint density at radius 2 is 0.861 bits per heavy atom. The third-order valence-corrected chi connectivity index (χ3v) is 5.79. The molecule has 0 spiro atoms. The molecule has 178 valence electrons. The Bertz CT molecular complexity index is 1260. The van der Waals surface area contributed by atoms with Gasteiger partial charge >= 0.3 is 0 Å². The number of carbonyl (C=O) groups excluding carboxylic acids is 2. The highest BCUT2D eigenvalue weighted by molar-refractivity contribution is 6.08. The van der Waals surface area contributed by atoms with Crippen molar-refractivity contribution in [3.05, 3.63) is 121 Å². The molecule has 0 aromatic heterocycles. The molecule has 1 fully saturated rings. The Morgan fingerprint density at radius 1 is 0.528 bits per heavy atom. The van der Waals surface area contributed by atoms with Gasteiger partial charge in [0.15, 0.2) is 0 Å². The molecule has 4 aromatic carbocycles. The molecule has 0 aliphatic heterocycles. The molecule has 2 amide bonds. The van der Waals surface area contributed by atoms with E-state index in [-0.39, 0.29) is 11.8 Å². The van der Waals surface area contributed by atoms with Gasteiger partial charge in [0.25, 0.3) is 0 Å². The largest absolute Gasteiger partial charge is 0.457 e. The smallest absolute Gasteiger partial charge is 0.232 e. The molecule has 1 aliphatic carbocycles. The van der Waals surface area contributed by atoms with Crippen LogP contribution in [0.15, 0.2) is 121 Å². The number of hydrogen-bond donors (Lipinski definition) is 2. The van der Waals surface area contributed by atoms with Crippen LogP contribution < -0.4 is 20.1 Å². The first-order valence-electron chi connectivity index (χ1n) is 11.5. The van der Waals surface area contributed by atoms with E-state index in [0.717, 1.165) is 11.5 Å². The standard InChI is InChI=1S/C30H24N2O4/c1-20-27(29(33)31-21-12-16-25(17-13-21)35-23-8-4-2-5-9-23)28(20)30(34)32-22-14-18-26(19-15-22)36-24-10-6-3-7-11-24/h2-19,27-28H,1H2,(H,31,33)(H,32,34). The van der Waals surface area contributed by atoms with Crippen LogP contribution in [0.5, 0.6) is 23.0 Å². The molecule has 2 unspecified atom stereocenters. The Balaban J connectivity index is 1.13. The normalized spacial score (nSPS) is 16.1. The molecule has 2 atom stereocenters. The van der Waals surface area contributed by atoms with Gasteiger partial charge in [0.2, 0.25) is 11.8 Å². The number of ether oxygens (including phenoxy) is 2. The number of hydrogen-bond acceptors (Lipinski definition) is 4. The second-order valence-corrected chi connectivity index (χ2v) is 8.39. The lowest BCUT2D eigenvalue weighted by molar-refractivity contribution is -0.122. The lowest BCUT2D eigenvalue weighted by Crippen LogP contribution is -2.20. The molecule has 6 heteroatoms. The van der Waals surface area contributed by atoms with Crippen LogP contribution in [0, 0.1) is 11.8 Å². The lowest BCUT2D eigenvalue weighted by Gasteiger charge is -2.09.